The number of pyridine rings is 1. The molecular weight excluding hydrogens is 328 g/mol. The molecule has 0 spiro atoms. The lowest BCUT2D eigenvalue weighted by molar-refractivity contribution is 0.358. The largest absolute Gasteiger partial charge is 0.316 e. The molecule has 2 nitrogen and oxygen atoms in total. The summed E-state index contributed by atoms with van der Waals surface area (Å²) in [5, 5.41) is 4.84. The number of rotatable bonds is 4. The van der Waals surface area contributed by atoms with Crippen molar-refractivity contribution in [3.05, 3.63) is 66.2 Å². The minimum atomic E-state index is 0. The van der Waals surface area contributed by atoms with Gasteiger partial charge in [0.2, 0.25) is 0 Å². The number of aromatic nitrogens is 1. The van der Waals surface area contributed by atoms with E-state index in [1.165, 1.54) is 48.9 Å². The fourth-order valence-corrected chi connectivity index (χ4v) is 3.74. The van der Waals surface area contributed by atoms with Gasteiger partial charge in [0.15, 0.2) is 0 Å². The van der Waals surface area contributed by atoms with Gasteiger partial charge in [-0.05, 0) is 62.4 Å². The Balaban J connectivity index is 0.00000182. The maximum atomic E-state index is 4.89. The Bertz CT molecular complexity index is 811. The molecule has 0 saturated carbocycles. The highest BCUT2D eigenvalue weighted by Gasteiger charge is 2.14. The fourth-order valence-electron chi connectivity index (χ4n) is 3.74. The first kappa shape index (κ1) is 17.9. The van der Waals surface area contributed by atoms with Gasteiger partial charge < -0.3 is 5.32 Å². The van der Waals surface area contributed by atoms with Gasteiger partial charge in [-0.25, -0.2) is 4.98 Å². The van der Waals surface area contributed by atoms with Crippen LogP contribution in [0.3, 0.4) is 0 Å². The molecule has 1 aliphatic rings. The van der Waals surface area contributed by atoms with Crippen molar-refractivity contribution in [1.29, 1.82) is 0 Å². The van der Waals surface area contributed by atoms with E-state index in [2.05, 4.69) is 66.0 Å². The average Bonchev–Trinajstić information content (AvgIpc) is 2.67. The molecule has 1 unspecified atom stereocenters. The molecule has 1 N–H and O–H groups in total. The topological polar surface area (TPSA) is 24.9 Å². The lowest BCUT2D eigenvalue weighted by Gasteiger charge is -2.23. The van der Waals surface area contributed by atoms with Crippen LogP contribution in [-0.4, -0.2) is 18.1 Å². The maximum absolute atomic E-state index is 4.89. The van der Waals surface area contributed by atoms with Crippen LogP contribution in [0, 0.1) is 5.92 Å². The quantitative estimate of drug-likeness (QED) is 0.693. The minimum absolute atomic E-state index is 0. The predicted molar refractivity (Wildman–Crippen MR) is 108 cm³/mol. The standard InChI is InChI=1S/C22H24N2.ClH/c1-2-8-18(9-3-1)22-15-19(13-12-17-7-6-14-23-16-17)20-10-4-5-11-21(20)24-22;/h1-5,8-11,15,17,23H,6-7,12-14,16H2;1H. The molecule has 3 heteroatoms. The first-order chi connectivity index (χ1) is 11.9. The first-order valence-corrected chi connectivity index (χ1v) is 9.05. The lowest BCUT2D eigenvalue weighted by atomic mass is 9.91. The molecule has 1 saturated heterocycles. The van der Waals surface area contributed by atoms with Crippen molar-refractivity contribution in [2.45, 2.75) is 25.7 Å². The third-order valence-corrected chi connectivity index (χ3v) is 5.09. The number of fused-ring (bicyclic) bond motifs is 1. The molecule has 1 atom stereocenters. The van der Waals surface area contributed by atoms with Gasteiger partial charge in [0.1, 0.15) is 0 Å². The molecule has 0 radical (unpaired) electrons. The molecule has 130 valence electrons. The van der Waals surface area contributed by atoms with Crippen molar-refractivity contribution in [2.24, 2.45) is 5.92 Å². The van der Waals surface area contributed by atoms with E-state index in [4.69, 9.17) is 4.98 Å². The number of hydrogen-bond acceptors (Lipinski definition) is 2. The number of aryl methyl sites for hydroxylation is 1. The Labute approximate surface area is 156 Å². The van der Waals surface area contributed by atoms with E-state index in [9.17, 15) is 0 Å². The number of halogens is 1. The molecule has 0 aliphatic carbocycles. The smallest absolute Gasteiger partial charge is 0.0712 e. The summed E-state index contributed by atoms with van der Waals surface area (Å²) in [6.45, 7) is 2.36. The van der Waals surface area contributed by atoms with Crippen LogP contribution < -0.4 is 5.32 Å². The van der Waals surface area contributed by atoms with E-state index < -0.39 is 0 Å². The van der Waals surface area contributed by atoms with E-state index in [0.717, 1.165) is 23.5 Å². The summed E-state index contributed by atoms with van der Waals surface area (Å²) in [6.07, 6.45) is 5.07. The zero-order valence-corrected chi connectivity index (χ0v) is 15.3. The second-order valence-electron chi connectivity index (χ2n) is 6.80. The molecule has 4 rings (SSSR count). The molecule has 2 heterocycles. The average molecular weight is 353 g/mol. The molecule has 3 aromatic rings. The van der Waals surface area contributed by atoms with Gasteiger partial charge in [-0.3, -0.25) is 0 Å². The summed E-state index contributed by atoms with van der Waals surface area (Å²) < 4.78 is 0. The molecule has 2 aromatic carbocycles. The monoisotopic (exact) mass is 352 g/mol. The fraction of sp³-hybridized carbons (Fsp3) is 0.318. The third-order valence-electron chi connectivity index (χ3n) is 5.09. The van der Waals surface area contributed by atoms with Crippen LogP contribution in [0.5, 0.6) is 0 Å². The Morgan fingerprint density at radius 2 is 1.80 bits per heavy atom. The van der Waals surface area contributed by atoms with Crippen LogP contribution in [0.1, 0.15) is 24.8 Å². The van der Waals surface area contributed by atoms with Crippen molar-refractivity contribution in [3.63, 3.8) is 0 Å². The van der Waals surface area contributed by atoms with Crippen LogP contribution in [0.2, 0.25) is 0 Å². The maximum Gasteiger partial charge on any atom is 0.0712 e. The van der Waals surface area contributed by atoms with Crippen LogP contribution in [0.25, 0.3) is 22.2 Å². The number of nitrogens with zero attached hydrogens (tertiary/aromatic N) is 1. The molecule has 1 fully saturated rings. The van der Waals surface area contributed by atoms with E-state index in [-0.39, 0.29) is 12.4 Å². The summed E-state index contributed by atoms with van der Waals surface area (Å²) in [6, 6.07) is 21.4. The van der Waals surface area contributed by atoms with Crippen LogP contribution in [-0.2, 0) is 6.42 Å². The van der Waals surface area contributed by atoms with Crippen LogP contribution in [0.15, 0.2) is 60.7 Å². The number of piperidine rings is 1. The molecule has 0 amide bonds. The van der Waals surface area contributed by atoms with Crippen molar-refractivity contribution in [1.82, 2.24) is 10.3 Å². The number of benzene rings is 2. The molecule has 1 aliphatic heterocycles. The van der Waals surface area contributed by atoms with E-state index in [1.807, 2.05) is 0 Å². The lowest BCUT2D eigenvalue weighted by Crippen LogP contribution is -2.29. The highest BCUT2D eigenvalue weighted by atomic mass is 35.5. The van der Waals surface area contributed by atoms with Gasteiger partial charge in [0, 0.05) is 10.9 Å². The molecule has 25 heavy (non-hydrogen) atoms. The Morgan fingerprint density at radius 3 is 2.60 bits per heavy atom. The predicted octanol–water partition coefficient (Wildman–Crippen LogP) is 5.26. The van der Waals surface area contributed by atoms with Gasteiger partial charge >= 0.3 is 0 Å². The second kappa shape index (κ2) is 8.46. The van der Waals surface area contributed by atoms with Gasteiger partial charge in [-0.1, -0.05) is 48.5 Å². The van der Waals surface area contributed by atoms with Crippen molar-refractivity contribution in [2.75, 3.05) is 13.1 Å². The number of para-hydroxylation sites is 1. The summed E-state index contributed by atoms with van der Waals surface area (Å²) in [5.74, 6) is 0.811. The van der Waals surface area contributed by atoms with Crippen molar-refractivity contribution < 1.29 is 0 Å². The van der Waals surface area contributed by atoms with E-state index in [0.29, 0.717) is 0 Å². The Hall–Kier alpha value is -1.90. The summed E-state index contributed by atoms with van der Waals surface area (Å²) in [4.78, 5) is 4.89. The third kappa shape index (κ3) is 4.20. The minimum Gasteiger partial charge on any atom is -0.316 e. The summed E-state index contributed by atoms with van der Waals surface area (Å²) >= 11 is 0. The number of nitrogens with one attached hydrogen (secondary N) is 1. The molecule has 0 bridgehead atoms. The van der Waals surface area contributed by atoms with Crippen LogP contribution >= 0.6 is 12.4 Å². The van der Waals surface area contributed by atoms with Gasteiger partial charge in [0.05, 0.1) is 11.2 Å². The van der Waals surface area contributed by atoms with E-state index in [1.54, 1.807) is 0 Å². The zero-order valence-electron chi connectivity index (χ0n) is 14.4. The first-order valence-electron chi connectivity index (χ1n) is 9.05. The summed E-state index contributed by atoms with van der Waals surface area (Å²) in [5.41, 5.74) is 4.83. The van der Waals surface area contributed by atoms with Gasteiger partial charge in [-0.15, -0.1) is 12.4 Å². The normalized spacial score (nSPS) is 17.2. The summed E-state index contributed by atoms with van der Waals surface area (Å²) in [7, 11) is 0. The highest BCUT2D eigenvalue weighted by molar-refractivity contribution is 5.85. The van der Waals surface area contributed by atoms with Crippen LogP contribution in [0.4, 0.5) is 0 Å². The Morgan fingerprint density at radius 1 is 1.00 bits per heavy atom. The highest BCUT2D eigenvalue weighted by Crippen LogP contribution is 2.27. The molecular formula is C22H25ClN2. The second-order valence-corrected chi connectivity index (χ2v) is 6.80. The van der Waals surface area contributed by atoms with Gasteiger partial charge in [-0.2, -0.15) is 0 Å². The zero-order chi connectivity index (χ0) is 16.2. The number of hydrogen-bond donors (Lipinski definition) is 1. The molecule has 1 aromatic heterocycles. The van der Waals surface area contributed by atoms with Crippen molar-refractivity contribution >= 4 is 23.3 Å². The Kier molecular flexibility index (Phi) is 6.06. The van der Waals surface area contributed by atoms with Crippen molar-refractivity contribution in [3.8, 4) is 11.3 Å². The van der Waals surface area contributed by atoms with E-state index >= 15 is 0 Å². The van der Waals surface area contributed by atoms with Gasteiger partial charge in [0.25, 0.3) is 0 Å². The SMILES string of the molecule is Cl.c1ccc(-c2cc(CCC3CCCNC3)c3ccccc3n2)cc1.